The largest absolute Gasteiger partial charge is 0.311 e. The number of hydrogen-bond acceptors (Lipinski definition) is 3. The van der Waals surface area contributed by atoms with Crippen molar-refractivity contribution >= 4 is 11.3 Å². The van der Waals surface area contributed by atoms with Gasteiger partial charge in [0.25, 0.3) is 5.56 Å². The second kappa shape index (κ2) is 4.40. The van der Waals surface area contributed by atoms with Crippen LogP contribution >= 0.6 is 11.3 Å². The topological polar surface area (TPSA) is 45.8 Å². The maximum atomic E-state index is 11.4. The molecule has 0 saturated carbocycles. The van der Waals surface area contributed by atoms with Crippen LogP contribution in [0.15, 0.2) is 28.4 Å². The molecule has 0 unspecified atom stereocenters. The van der Waals surface area contributed by atoms with Gasteiger partial charge in [0.05, 0.1) is 10.6 Å². The quantitative estimate of drug-likeness (QED) is 0.863. The lowest BCUT2D eigenvalue weighted by molar-refractivity contribution is 0.828. The van der Waals surface area contributed by atoms with Crippen molar-refractivity contribution in [3.05, 3.63) is 39.8 Å². The van der Waals surface area contributed by atoms with E-state index in [2.05, 4.69) is 16.9 Å². The zero-order valence-electron chi connectivity index (χ0n) is 8.49. The third-order valence-corrected chi connectivity index (χ3v) is 2.94. The minimum Gasteiger partial charge on any atom is -0.311 e. The highest BCUT2D eigenvalue weighted by Gasteiger charge is 2.03. The molecule has 0 amide bonds. The fourth-order valence-electron chi connectivity index (χ4n) is 1.41. The van der Waals surface area contributed by atoms with E-state index in [-0.39, 0.29) is 5.56 Å². The molecule has 1 N–H and O–H groups in total. The Labute approximate surface area is 91.8 Å². The van der Waals surface area contributed by atoms with E-state index < -0.39 is 0 Å². The zero-order chi connectivity index (χ0) is 10.7. The highest BCUT2D eigenvalue weighted by Crippen LogP contribution is 2.21. The van der Waals surface area contributed by atoms with E-state index in [1.807, 2.05) is 17.5 Å². The fraction of sp³-hybridized carbons (Fsp3) is 0.273. The highest BCUT2D eigenvalue weighted by atomic mass is 32.1. The van der Waals surface area contributed by atoms with Crippen molar-refractivity contribution in [1.29, 1.82) is 0 Å². The van der Waals surface area contributed by atoms with Crippen LogP contribution in [0, 0.1) is 0 Å². The Morgan fingerprint density at radius 3 is 3.07 bits per heavy atom. The lowest BCUT2D eigenvalue weighted by Gasteiger charge is -2.00. The summed E-state index contributed by atoms with van der Waals surface area (Å²) in [5.41, 5.74) is 0.703. The Bertz CT molecular complexity index is 488. The molecule has 0 atom stereocenters. The number of aryl methyl sites for hydroxylation is 1. The van der Waals surface area contributed by atoms with E-state index in [4.69, 9.17) is 0 Å². The predicted octanol–water partition coefficient (Wildman–Crippen LogP) is 2.45. The second-order valence-corrected chi connectivity index (χ2v) is 4.25. The van der Waals surface area contributed by atoms with Gasteiger partial charge in [0.2, 0.25) is 0 Å². The van der Waals surface area contributed by atoms with Crippen molar-refractivity contribution < 1.29 is 0 Å². The van der Waals surface area contributed by atoms with Crippen LogP contribution in [0.1, 0.15) is 19.2 Å². The monoisotopic (exact) mass is 220 g/mol. The van der Waals surface area contributed by atoms with Gasteiger partial charge in [-0.05, 0) is 17.9 Å². The Morgan fingerprint density at radius 1 is 1.53 bits per heavy atom. The molecule has 0 aliphatic rings. The summed E-state index contributed by atoms with van der Waals surface area (Å²) in [5, 5.41) is 1.98. The molecule has 2 heterocycles. The first-order valence-corrected chi connectivity index (χ1v) is 5.81. The van der Waals surface area contributed by atoms with Gasteiger partial charge in [-0.3, -0.25) is 4.79 Å². The molecule has 15 heavy (non-hydrogen) atoms. The molecule has 0 bridgehead atoms. The summed E-state index contributed by atoms with van der Waals surface area (Å²) in [4.78, 5) is 19.6. The molecule has 78 valence electrons. The van der Waals surface area contributed by atoms with Crippen LogP contribution in [-0.4, -0.2) is 9.97 Å². The van der Waals surface area contributed by atoms with Gasteiger partial charge in [-0.2, -0.15) is 0 Å². The Kier molecular flexibility index (Phi) is 2.97. The molecular formula is C11H12N2OS. The average molecular weight is 220 g/mol. The molecule has 3 nitrogen and oxygen atoms in total. The molecule has 0 aromatic carbocycles. The maximum Gasteiger partial charge on any atom is 0.251 e. The Hall–Kier alpha value is -1.42. The van der Waals surface area contributed by atoms with Gasteiger partial charge in [-0.25, -0.2) is 4.98 Å². The molecule has 0 aliphatic heterocycles. The molecule has 0 saturated heterocycles. The first-order chi connectivity index (χ1) is 7.29. The molecule has 2 rings (SSSR count). The number of rotatable bonds is 3. The van der Waals surface area contributed by atoms with Gasteiger partial charge >= 0.3 is 0 Å². The van der Waals surface area contributed by atoms with E-state index in [0.29, 0.717) is 0 Å². The number of aromatic nitrogens is 2. The highest BCUT2D eigenvalue weighted by molar-refractivity contribution is 7.13. The number of aromatic amines is 1. The van der Waals surface area contributed by atoms with Crippen LogP contribution in [0.2, 0.25) is 0 Å². The van der Waals surface area contributed by atoms with Crippen molar-refractivity contribution in [3.63, 3.8) is 0 Å². The lowest BCUT2D eigenvalue weighted by atomic mass is 10.3. The van der Waals surface area contributed by atoms with Crippen LogP contribution < -0.4 is 5.56 Å². The number of thiophene rings is 1. The first kappa shape index (κ1) is 10.1. The number of hydrogen-bond donors (Lipinski definition) is 1. The fourth-order valence-corrected chi connectivity index (χ4v) is 2.10. The van der Waals surface area contributed by atoms with Crippen LogP contribution in [0.25, 0.3) is 10.6 Å². The summed E-state index contributed by atoms with van der Waals surface area (Å²) in [6.07, 6.45) is 1.80. The van der Waals surface area contributed by atoms with Crippen molar-refractivity contribution in [2.24, 2.45) is 0 Å². The molecule has 4 heteroatoms. The summed E-state index contributed by atoms with van der Waals surface area (Å²) in [7, 11) is 0. The molecule has 2 aromatic rings. The zero-order valence-corrected chi connectivity index (χ0v) is 9.30. The molecule has 0 spiro atoms. The van der Waals surface area contributed by atoms with Gasteiger partial charge in [-0.15, -0.1) is 11.3 Å². The summed E-state index contributed by atoms with van der Waals surface area (Å²) in [6, 6.07) is 5.48. The van der Waals surface area contributed by atoms with Crippen molar-refractivity contribution in [2.45, 2.75) is 19.8 Å². The molecule has 0 radical (unpaired) electrons. The van der Waals surface area contributed by atoms with Crippen LogP contribution in [-0.2, 0) is 6.42 Å². The Balaban J connectivity index is 2.44. The number of nitrogens with one attached hydrogen (secondary N) is 1. The summed E-state index contributed by atoms with van der Waals surface area (Å²) >= 11 is 1.60. The molecular weight excluding hydrogens is 208 g/mol. The van der Waals surface area contributed by atoms with Crippen LogP contribution in [0.3, 0.4) is 0 Å². The molecule has 0 aliphatic carbocycles. The second-order valence-electron chi connectivity index (χ2n) is 3.30. The SMILES string of the molecule is CCCc1nc(-c2cccs2)cc(=O)[nH]1. The molecule has 0 fully saturated rings. The average Bonchev–Trinajstić information content (AvgIpc) is 2.70. The Morgan fingerprint density at radius 2 is 2.40 bits per heavy atom. The maximum absolute atomic E-state index is 11.4. The van der Waals surface area contributed by atoms with E-state index >= 15 is 0 Å². The lowest BCUT2D eigenvalue weighted by Crippen LogP contribution is -2.10. The van der Waals surface area contributed by atoms with E-state index in [9.17, 15) is 4.79 Å². The minimum absolute atomic E-state index is 0.0724. The number of H-pyrrole nitrogens is 1. The van der Waals surface area contributed by atoms with Gasteiger partial charge in [0.1, 0.15) is 5.82 Å². The standard InChI is InChI=1S/C11H12N2OS/c1-2-4-10-12-8(7-11(14)13-10)9-5-3-6-15-9/h3,5-7H,2,4H2,1H3,(H,12,13,14). The van der Waals surface area contributed by atoms with Gasteiger partial charge in [-0.1, -0.05) is 13.0 Å². The van der Waals surface area contributed by atoms with Crippen molar-refractivity contribution in [2.75, 3.05) is 0 Å². The van der Waals surface area contributed by atoms with Crippen LogP contribution in [0.5, 0.6) is 0 Å². The van der Waals surface area contributed by atoms with Gasteiger partial charge in [0.15, 0.2) is 0 Å². The third-order valence-electron chi connectivity index (χ3n) is 2.05. The summed E-state index contributed by atoms with van der Waals surface area (Å²) in [6.45, 7) is 2.07. The number of nitrogens with zero attached hydrogens (tertiary/aromatic N) is 1. The van der Waals surface area contributed by atoms with Crippen molar-refractivity contribution in [1.82, 2.24) is 9.97 Å². The first-order valence-electron chi connectivity index (χ1n) is 4.93. The minimum atomic E-state index is -0.0724. The molecule has 2 aromatic heterocycles. The van der Waals surface area contributed by atoms with E-state index in [1.165, 1.54) is 0 Å². The van der Waals surface area contributed by atoms with E-state index in [1.54, 1.807) is 17.4 Å². The predicted molar refractivity (Wildman–Crippen MR) is 62.2 cm³/mol. The van der Waals surface area contributed by atoms with Crippen molar-refractivity contribution in [3.8, 4) is 10.6 Å². The van der Waals surface area contributed by atoms with E-state index in [0.717, 1.165) is 29.2 Å². The summed E-state index contributed by atoms with van der Waals surface area (Å²) in [5.74, 6) is 0.772. The van der Waals surface area contributed by atoms with Gasteiger partial charge in [0, 0.05) is 12.5 Å². The smallest absolute Gasteiger partial charge is 0.251 e. The van der Waals surface area contributed by atoms with Crippen LogP contribution in [0.4, 0.5) is 0 Å². The normalized spacial score (nSPS) is 10.5. The van der Waals surface area contributed by atoms with Gasteiger partial charge < -0.3 is 4.98 Å². The summed E-state index contributed by atoms with van der Waals surface area (Å²) < 4.78 is 0. The third kappa shape index (κ3) is 2.33.